The molecule has 0 spiro atoms. The minimum Gasteiger partial charge on any atom is -0.424 e. The van der Waals surface area contributed by atoms with E-state index in [2.05, 4.69) is 24.3 Å². The first-order chi connectivity index (χ1) is 6.93. The van der Waals surface area contributed by atoms with Crippen molar-refractivity contribution in [3.63, 3.8) is 0 Å². The first-order valence-corrected chi connectivity index (χ1v) is 6.83. The molecule has 1 rings (SSSR count). The van der Waals surface area contributed by atoms with Crippen LogP contribution in [0.25, 0.3) is 0 Å². The summed E-state index contributed by atoms with van der Waals surface area (Å²) in [4.78, 5) is 0. The van der Waals surface area contributed by atoms with Crippen LogP contribution in [0, 0.1) is 0 Å². The molecule has 0 saturated carbocycles. The van der Waals surface area contributed by atoms with E-state index in [1.807, 2.05) is 6.07 Å². The maximum Gasteiger partial charge on any atom is 0.161 e. The van der Waals surface area contributed by atoms with Crippen LogP contribution < -0.4 is 5.73 Å². The molecule has 14 heavy (non-hydrogen) atoms. The Morgan fingerprint density at radius 3 is 2.71 bits per heavy atom. The van der Waals surface area contributed by atoms with E-state index in [0.29, 0.717) is 0 Å². The summed E-state index contributed by atoms with van der Waals surface area (Å²) in [5.74, 6) is 0. The molecule has 0 amide bonds. The summed E-state index contributed by atoms with van der Waals surface area (Å²) < 4.78 is 5.62. The van der Waals surface area contributed by atoms with Crippen molar-refractivity contribution in [3.05, 3.63) is 35.9 Å². The van der Waals surface area contributed by atoms with Gasteiger partial charge in [0.05, 0.1) is 0 Å². The van der Waals surface area contributed by atoms with Gasteiger partial charge in [-0.3, -0.25) is 0 Å². The third kappa shape index (κ3) is 5.17. The van der Waals surface area contributed by atoms with E-state index in [1.54, 1.807) is 0 Å². The predicted molar refractivity (Wildman–Crippen MR) is 63.1 cm³/mol. The molecule has 0 radical (unpaired) electrons. The van der Waals surface area contributed by atoms with Crippen LogP contribution in [-0.4, -0.2) is 22.9 Å². The highest BCUT2D eigenvalue weighted by Crippen LogP contribution is 1.99. The second-order valence-electron chi connectivity index (χ2n) is 3.34. The van der Waals surface area contributed by atoms with Crippen LogP contribution in [0.5, 0.6) is 0 Å². The van der Waals surface area contributed by atoms with Crippen molar-refractivity contribution < 1.29 is 4.43 Å². The number of hydrogen-bond acceptors (Lipinski definition) is 2. The molecule has 0 atom stereocenters. The molecule has 78 valence electrons. The zero-order chi connectivity index (χ0) is 10.1. The lowest BCUT2D eigenvalue weighted by molar-refractivity contribution is 0.339. The fraction of sp³-hybridized carbons (Fsp3) is 0.455. The third-order valence-corrected chi connectivity index (χ3v) is 3.49. The van der Waals surface area contributed by atoms with Crippen molar-refractivity contribution >= 4 is 9.76 Å². The summed E-state index contributed by atoms with van der Waals surface area (Å²) in [5, 5.41) is 0. The van der Waals surface area contributed by atoms with Gasteiger partial charge in [0, 0.05) is 6.61 Å². The van der Waals surface area contributed by atoms with Gasteiger partial charge >= 0.3 is 0 Å². The van der Waals surface area contributed by atoms with E-state index in [9.17, 15) is 0 Å². The maximum atomic E-state index is 5.62. The molecule has 0 aromatic heterocycles. The van der Waals surface area contributed by atoms with Crippen LogP contribution in [0.4, 0.5) is 0 Å². The summed E-state index contributed by atoms with van der Waals surface area (Å²) in [6, 6.07) is 11.7. The Bertz CT molecular complexity index is 228. The number of nitrogens with two attached hydrogens (primary N) is 1. The van der Waals surface area contributed by atoms with E-state index in [1.165, 1.54) is 11.6 Å². The van der Waals surface area contributed by atoms with Gasteiger partial charge in [-0.05, 0) is 31.0 Å². The van der Waals surface area contributed by atoms with E-state index in [-0.39, 0.29) is 9.76 Å². The Labute approximate surface area is 88.4 Å². The highest BCUT2D eigenvalue weighted by atomic mass is 28.2. The monoisotopic (exact) mass is 209 g/mol. The zero-order valence-corrected chi connectivity index (χ0v) is 10.0. The van der Waals surface area contributed by atoms with Gasteiger partial charge in [-0.2, -0.15) is 0 Å². The molecule has 2 nitrogen and oxygen atoms in total. The minimum atomic E-state index is -0.296. The van der Waals surface area contributed by atoms with Gasteiger partial charge in [0.2, 0.25) is 0 Å². The molecule has 0 aliphatic carbocycles. The summed E-state index contributed by atoms with van der Waals surface area (Å²) >= 11 is 0. The van der Waals surface area contributed by atoms with Gasteiger partial charge in [-0.25, -0.2) is 0 Å². The first-order valence-electron chi connectivity index (χ1n) is 5.25. The fourth-order valence-corrected chi connectivity index (χ4v) is 2.33. The van der Waals surface area contributed by atoms with Crippen LogP contribution in [-0.2, 0) is 10.8 Å². The molecule has 3 heteroatoms. The second-order valence-corrected chi connectivity index (χ2v) is 4.87. The van der Waals surface area contributed by atoms with Gasteiger partial charge in [0.1, 0.15) is 0 Å². The first kappa shape index (κ1) is 11.4. The summed E-state index contributed by atoms with van der Waals surface area (Å²) in [6.45, 7) is 1.68. The Kier molecular flexibility index (Phi) is 6.31. The summed E-state index contributed by atoms with van der Waals surface area (Å²) in [6.07, 6.45) is 2.16. The average Bonchev–Trinajstić information content (AvgIpc) is 2.25. The molecule has 2 N–H and O–H groups in total. The molecule has 0 bridgehead atoms. The minimum absolute atomic E-state index is 0.296. The lowest BCUT2D eigenvalue weighted by atomic mass is 10.2. The van der Waals surface area contributed by atoms with Crippen molar-refractivity contribution in [2.75, 3.05) is 13.2 Å². The average molecular weight is 209 g/mol. The standard InChI is InChI=1S/C11H19NOSi/c12-8-4-10-14-13-9-7-11-5-2-1-3-6-11/h1-3,5-6H,4,7-10,12,14H2. The quantitative estimate of drug-likeness (QED) is 0.539. The molecule has 0 fully saturated rings. The van der Waals surface area contributed by atoms with Crippen molar-refractivity contribution in [1.29, 1.82) is 0 Å². The van der Waals surface area contributed by atoms with E-state index >= 15 is 0 Å². The topological polar surface area (TPSA) is 35.2 Å². The van der Waals surface area contributed by atoms with Gasteiger partial charge in [0.25, 0.3) is 0 Å². The molecule has 0 aliphatic heterocycles. The third-order valence-electron chi connectivity index (χ3n) is 2.12. The molecule has 0 aliphatic rings. The van der Waals surface area contributed by atoms with Crippen LogP contribution in [0.1, 0.15) is 12.0 Å². The molecule has 1 aromatic carbocycles. The van der Waals surface area contributed by atoms with Crippen molar-refractivity contribution in [3.8, 4) is 0 Å². The fourth-order valence-electron chi connectivity index (χ4n) is 1.29. The van der Waals surface area contributed by atoms with E-state index in [4.69, 9.17) is 10.2 Å². The van der Waals surface area contributed by atoms with Gasteiger partial charge in [0.15, 0.2) is 9.76 Å². The Morgan fingerprint density at radius 2 is 2.00 bits per heavy atom. The predicted octanol–water partition coefficient (Wildman–Crippen LogP) is 1.10. The number of benzene rings is 1. The Hall–Kier alpha value is -0.643. The number of hydrogen-bond donors (Lipinski definition) is 1. The number of rotatable bonds is 7. The molecule has 0 saturated heterocycles. The van der Waals surface area contributed by atoms with E-state index in [0.717, 1.165) is 26.0 Å². The van der Waals surface area contributed by atoms with Crippen molar-refractivity contribution in [1.82, 2.24) is 0 Å². The molecular weight excluding hydrogens is 190 g/mol. The molecule has 0 unspecified atom stereocenters. The van der Waals surface area contributed by atoms with E-state index < -0.39 is 0 Å². The summed E-state index contributed by atoms with van der Waals surface area (Å²) in [7, 11) is -0.296. The van der Waals surface area contributed by atoms with Crippen LogP contribution in [0.3, 0.4) is 0 Å². The van der Waals surface area contributed by atoms with Crippen molar-refractivity contribution in [2.24, 2.45) is 5.73 Å². The Balaban J connectivity index is 1.99. The zero-order valence-electron chi connectivity index (χ0n) is 8.61. The summed E-state index contributed by atoms with van der Waals surface area (Å²) in [5.41, 5.74) is 6.76. The maximum absolute atomic E-state index is 5.62. The van der Waals surface area contributed by atoms with Gasteiger partial charge < -0.3 is 10.2 Å². The molecule has 1 aromatic rings. The molecule has 0 heterocycles. The lowest BCUT2D eigenvalue weighted by Crippen LogP contribution is -2.06. The van der Waals surface area contributed by atoms with Crippen molar-refractivity contribution in [2.45, 2.75) is 18.9 Å². The normalized spacial score (nSPS) is 11.2. The van der Waals surface area contributed by atoms with Gasteiger partial charge in [-0.15, -0.1) is 0 Å². The van der Waals surface area contributed by atoms with Crippen LogP contribution >= 0.6 is 0 Å². The van der Waals surface area contributed by atoms with Crippen LogP contribution in [0.2, 0.25) is 6.04 Å². The highest BCUT2D eigenvalue weighted by molar-refractivity contribution is 6.26. The largest absolute Gasteiger partial charge is 0.424 e. The highest BCUT2D eigenvalue weighted by Gasteiger charge is 1.92. The van der Waals surface area contributed by atoms with Gasteiger partial charge in [-0.1, -0.05) is 30.3 Å². The second kappa shape index (κ2) is 7.73. The lowest BCUT2D eigenvalue weighted by Gasteiger charge is -2.03. The molecular formula is C11H19NOSi. The SMILES string of the molecule is NCCC[SiH2]OCCc1ccccc1. The smallest absolute Gasteiger partial charge is 0.161 e. The van der Waals surface area contributed by atoms with Crippen LogP contribution in [0.15, 0.2) is 30.3 Å². The Morgan fingerprint density at radius 1 is 1.21 bits per heavy atom.